The molecule has 152 valence electrons. The molecule has 1 fully saturated rings. The first-order valence-corrected chi connectivity index (χ1v) is 10.6. The summed E-state index contributed by atoms with van der Waals surface area (Å²) in [5.41, 5.74) is 1.22. The highest BCUT2D eigenvalue weighted by Gasteiger charge is 2.23. The molecule has 0 radical (unpaired) electrons. The average molecular weight is 408 g/mol. The van der Waals surface area contributed by atoms with Gasteiger partial charge >= 0.3 is 0 Å². The van der Waals surface area contributed by atoms with E-state index in [9.17, 15) is 13.2 Å². The Morgan fingerprint density at radius 2 is 1.68 bits per heavy atom. The van der Waals surface area contributed by atoms with E-state index < -0.39 is 10.0 Å². The van der Waals surface area contributed by atoms with Gasteiger partial charge in [-0.25, -0.2) is 13.1 Å². The van der Waals surface area contributed by atoms with Gasteiger partial charge in [-0.05, 0) is 24.3 Å². The van der Waals surface area contributed by atoms with Crippen molar-refractivity contribution < 1.29 is 17.9 Å². The van der Waals surface area contributed by atoms with E-state index in [1.54, 1.807) is 32.4 Å². The molecule has 28 heavy (non-hydrogen) atoms. The molecule has 3 rings (SSSR count). The monoisotopic (exact) mass is 408 g/mol. The van der Waals surface area contributed by atoms with Crippen molar-refractivity contribution in [2.45, 2.75) is 6.67 Å². The third-order valence-corrected chi connectivity index (χ3v) is 5.98. The van der Waals surface area contributed by atoms with E-state index in [0.29, 0.717) is 50.0 Å². The van der Waals surface area contributed by atoms with Crippen LogP contribution in [0.25, 0.3) is 11.3 Å². The highest BCUT2D eigenvalue weighted by Crippen LogP contribution is 2.31. The third-order valence-electron chi connectivity index (χ3n) is 4.68. The maximum Gasteiger partial charge on any atom is 0.268 e. The number of rotatable bonds is 6. The first kappa shape index (κ1) is 20.3. The molecule has 2 aromatic rings. The topological polar surface area (TPSA) is 94.0 Å². The Morgan fingerprint density at radius 3 is 2.29 bits per heavy atom. The van der Waals surface area contributed by atoms with E-state index in [1.807, 2.05) is 11.0 Å². The molecule has 0 N–H and O–H groups in total. The summed E-state index contributed by atoms with van der Waals surface area (Å²) < 4.78 is 36.7. The van der Waals surface area contributed by atoms with Crippen LogP contribution in [0, 0.1) is 0 Å². The molecule has 0 atom stereocenters. The zero-order valence-electron chi connectivity index (χ0n) is 16.2. The van der Waals surface area contributed by atoms with E-state index in [1.165, 1.54) is 21.3 Å². The number of sulfonamides is 1. The molecular weight excluding hydrogens is 384 g/mol. The summed E-state index contributed by atoms with van der Waals surface area (Å²) in [6.07, 6.45) is 1.21. The summed E-state index contributed by atoms with van der Waals surface area (Å²) in [6.45, 7) is 2.20. The number of hydrogen-bond donors (Lipinski definition) is 0. The van der Waals surface area contributed by atoms with Crippen molar-refractivity contribution in [2.24, 2.45) is 0 Å². The van der Waals surface area contributed by atoms with E-state index in [2.05, 4.69) is 5.10 Å². The van der Waals surface area contributed by atoms with Crippen molar-refractivity contribution in [3.63, 3.8) is 0 Å². The Bertz CT molecular complexity index is 997. The number of nitrogens with zero attached hydrogens (tertiary/aromatic N) is 4. The van der Waals surface area contributed by atoms with Crippen molar-refractivity contribution >= 4 is 10.0 Å². The van der Waals surface area contributed by atoms with Gasteiger partial charge in [-0.2, -0.15) is 9.40 Å². The molecule has 0 unspecified atom stereocenters. The minimum absolute atomic E-state index is 0.213. The van der Waals surface area contributed by atoms with Crippen LogP contribution in [0.3, 0.4) is 0 Å². The summed E-state index contributed by atoms with van der Waals surface area (Å²) in [4.78, 5) is 14.3. The number of aromatic nitrogens is 2. The Kier molecular flexibility index (Phi) is 6.01. The predicted octanol–water partition coefficient (Wildman–Crippen LogP) is 0.462. The molecule has 0 saturated carbocycles. The van der Waals surface area contributed by atoms with E-state index >= 15 is 0 Å². The minimum Gasteiger partial charge on any atom is -0.493 e. The quantitative estimate of drug-likeness (QED) is 0.685. The number of benzene rings is 1. The van der Waals surface area contributed by atoms with Crippen molar-refractivity contribution in [3.05, 3.63) is 40.7 Å². The third kappa shape index (κ3) is 4.51. The van der Waals surface area contributed by atoms with Crippen molar-refractivity contribution in [2.75, 3.05) is 46.7 Å². The zero-order chi connectivity index (χ0) is 20.3. The molecule has 0 aliphatic carbocycles. The highest BCUT2D eigenvalue weighted by atomic mass is 32.2. The molecule has 0 bridgehead atoms. The van der Waals surface area contributed by atoms with E-state index in [-0.39, 0.29) is 5.56 Å². The molecule has 1 aromatic carbocycles. The van der Waals surface area contributed by atoms with Crippen LogP contribution in [0.2, 0.25) is 0 Å². The van der Waals surface area contributed by atoms with Crippen LogP contribution in [0.5, 0.6) is 11.5 Å². The van der Waals surface area contributed by atoms with Gasteiger partial charge in [0.15, 0.2) is 11.5 Å². The fourth-order valence-corrected chi connectivity index (χ4v) is 3.92. The molecule has 2 heterocycles. The van der Waals surface area contributed by atoms with Crippen LogP contribution in [0.15, 0.2) is 35.1 Å². The summed E-state index contributed by atoms with van der Waals surface area (Å²) in [5, 5.41) is 4.47. The van der Waals surface area contributed by atoms with Crippen LogP contribution < -0.4 is 15.0 Å². The summed E-state index contributed by atoms with van der Waals surface area (Å²) in [7, 11) is -0.0545. The van der Waals surface area contributed by atoms with Crippen molar-refractivity contribution in [1.29, 1.82) is 0 Å². The maximum atomic E-state index is 12.2. The van der Waals surface area contributed by atoms with Crippen LogP contribution in [-0.2, 0) is 16.7 Å². The van der Waals surface area contributed by atoms with E-state index in [0.717, 1.165) is 5.56 Å². The van der Waals surface area contributed by atoms with Gasteiger partial charge in [0, 0.05) is 37.8 Å². The number of piperazine rings is 1. The van der Waals surface area contributed by atoms with E-state index in [4.69, 9.17) is 9.47 Å². The first-order chi connectivity index (χ1) is 13.3. The van der Waals surface area contributed by atoms with Gasteiger partial charge in [-0.3, -0.25) is 9.69 Å². The predicted molar refractivity (Wildman–Crippen MR) is 105 cm³/mol. The lowest BCUT2D eigenvalue weighted by atomic mass is 10.1. The Hall–Kier alpha value is -2.43. The second-order valence-electron chi connectivity index (χ2n) is 6.55. The highest BCUT2D eigenvalue weighted by molar-refractivity contribution is 7.88. The largest absolute Gasteiger partial charge is 0.493 e. The molecular formula is C18H24N4O5S. The lowest BCUT2D eigenvalue weighted by molar-refractivity contribution is 0.143. The van der Waals surface area contributed by atoms with Gasteiger partial charge in [0.2, 0.25) is 10.0 Å². The molecule has 0 amide bonds. The molecule has 1 aliphatic heterocycles. The second-order valence-corrected chi connectivity index (χ2v) is 8.53. The van der Waals surface area contributed by atoms with Crippen molar-refractivity contribution in [3.8, 4) is 22.8 Å². The summed E-state index contributed by atoms with van der Waals surface area (Å²) in [6, 6.07) is 8.59. The lowest BCUT2D eigenvalue weighted by Gasteiger charge is -2.33. The number of methoxy groups -OCH3 is 2. The summed E-state index contributed by atoms with van der Waals surface area (Å²) in [5.74, 6) is 1.19. The van der Waals surface area contributed by atoms with Gasteiger partial charge in [0.05, 0.1) is 32.8 Å². The second kappa shape index (κ2) is 8.29. The zero-order valence-corrected chi connectivity index (χ0v) is 17.0. The minimum atomic E-state index is -3.19. The van der Waals surface area contributed by atoms with Gasteiger partial charge in [-0.15, -0.1) is 0 Å². The summed E-state index contributed by atoms with van der Waals surface area (Å²) >= 11 is 0. The molecule has 9 nitrogen and oxygen atoms in total. The molecule has 1 aromatic heterocycles. The van der Waals surface area contributed by atoms with Gasteiger partial charge in [0.1, 0.15) is 0 Å². The maximum absolute atomic E-state index is 12.2. The number of ether oxygens (including phenoxy) is 2. The fraction of sp³-hybridized carbons (Fsp3) is 0.444. The van der Waals surface area contributed by atoms with Crippen molar-refractivity contribution in [1.82, 2.24) is 19.0 Å². The Balaban J connectivity index is 1.78. The molecule has 10 heteroatoms. The molecule has 1 saturated heterocycles. The smallest absolute Gasteiger partial charge is 0.268 e. The van der Waals surface area contributed by atoms with Crippen LogP contribution in [0.4, 0.5) is 0 Å². The van der Waals surface area contributed by atoms with Crippen LogP contribution >= 0.6 is 0 Å². The Morgan fingerprint density at radius 1 is 1.00 bits per heavy atom. The van der Waals surface area contributed by atoms with Gasteiger partial charge < -0.3 is 9.47 Å². The lowest BCUT2D eigenvalue weighted by Crippen LogP contribution is -2.49. The van der Waals surface area contributed by atoms with Crippen LogP contribution in [0.1, 0.15) is 0 Å². The first-order valence-electron chi connectivity index (χ1n) is 8.80. The van der Waals surface area contributed by atoms with Gasteiger partial charge in [0.25, 0.3) is 5.56 Å². The molecule has 1 aliphatic rings. The fourth-order valence-electron chi connectivity index (χ4n) is 3.09. The SMILES string of the molecule is COc1ccc(-c2ccc(=O)n(CN3CCN(S(C)(=O)=O)CC3)n2)cc1OC. The Labute approximate surface area is 164 Å². The number of hydrogen-bond acceptors (Lipinski definition) is 7. The average Bonchev–Trinajstić information content (AvgIpc) is 2.69. The standard InChI is InChI=1S/C18H24N4O5S/c1-26-16-6-4-14(12-17(16)27-2)15-5-7-18(23)22(19-15)13-20-8-10-21(11-9-20)28(3,24)25/h4-7,12H,8-11,13H2,1-3H3. The normalized spacial score (nSPS) is 16.1. The van der Waals surface area contributed by atoms with Gasteiger partial charge in [-0.1, -0.05) is 0 Å². The molecule has 0 spiro atoms. The van der Waals surface area contributed by atoms with Crippen LogP contribution in [-0.4, -0.2) is 74.1 Å².